The smallest absolute Gasteiger partial charge is 0.232 e. The molecule has 0 aromatic carbocycles. The Morgan fingerprint density at radius 1 is 1.24 bits per heavy atom. The van der Waals surface area contributed by atoms with Gasteiger partial charge in [0.2, 0.25) is 11.8 Å². The Bertz CT molecular complexity index is 503. The monoisotopic (exact) mass is 328 g/mol. The van der Waals surface area contributed by atoms with Gasteiger partial charge in [-0.1, -0.05) is 11.6 Å². The molecule has 6 nitrogen and oxygen atoms in total. The standard InChI is InChI=1S/C13H17ClN4O2S/c14-10-1-2-12(16-7-10)17-3-5-18(6-4-17)13(20)9-21-8-11(15)19/h1-2,7H,3-6,8-9H2,(H2,15,19). The number of carbonyl (C=O) groups excluding carboxylic acids is 2. The van der Waals surface area contributed by atoms with Crippen LogP contribution in [-0.2, 0) is 9.59 Å². The Labute approximate surface area is 132 Å². The number of primary amides is 1. The minimum absolute atomic E-state index is 0.0463. The molecule has 21 heavy (non-hydrogen) atoms. The van der Waals surface area contributed by atoms with Crippen LogP contribution < -0.4 is 10.6 Å². The highest BCUT2D eigenvalue weighted by Gasteiger charge is 2.21. The van der Waals surface area contributed by atoms with Crippen LogP contribution in [-0.4, -0.2) is 59.4 Å². The maximum absolute atomic E-state index is 12.0. The van der Waals surface area contributed by atoms with Gasteiger partial charge in [-0.05, 0) is 12.1 Å². The number of hydrogen-bond donors (Lipinski definition) is 1. The molecule has 1 aliphatic heterocycles. The molecule has 2 heterocycles. The highest BCUT2D eigenvalue weighted by Crippen LogP contribution is 2.16. The van der Waals surface area contributed by atoms with Crippen LogP contribution in [0.5, 0.6) is 0 Å². The molecule has 0 spiro atoms. The highest BCUT2D eigenvalue weighted by atomic mass is 35.5. The molecule has 0 unspecified atom stereocenters. The molecule has 114 valence electrons. The first-order valence-corrected chi connectivity index (χ1v) is 8.10. The van der Waals surface area contributed by atoms with E-state index in [-0.39, 0.29) is 11.7 Å². The van der Waals surface area contributed by atoms with Crippen molar-refractivity contribution in [1.82, 2.24) is 9.88 Å². The lowest BCUT2D eigenvalue weighted by Gasteiger charge is -2.35. The highest BCUT2D eigenvalue weighted by molar-refractivity contribution is 8.00. The summed E-state index contributed by atoms with van der Waals surface area (Å²) >= 11 is 7.07. The van der Waals surface area contributed by atoms with Crippen LogP contribution in [0, 0.1) is 0 Å². The molecular weight excluding hydrogens is 312 g/mol. The van der Waals surface area contributed by atoms with Crippen molar-refractivity contribution in [3.8, 4) is 0 Å². The number of hydrogen-bond acceptors (Lipinski definition) is 5. The van der Waals surface area contributed by atoms with Crippen LogP contribution in [0.15, 0.2) is 18.3 Å². The molecule has 0 saturated carbocycles. The maximum Gasteiger partial charge on any atom is 0.232 e. The number of pyridine rings is 1. The maximum atomic E-state index is 12.0. The third-order valence-corrected chi connectivity index (χ3v) is 4.30. The zero-order valence-electron chi connectivity index (χ0n) is 11.5. The number of aromatic nitrogens is 1. The number of rotatable bonds is 5. The van der Waals surface area contributed by atoms with Crippen molar-refractivity contribution < 1.29 is 9.59 Å². The minimum atomic E-state index is -0.397. The van der Waals surface area contributed by atoms with Gasteiger partial charge in [0.15, 0.2) is 0 Å². The van der Waals surface area contributed by atoms with Gasteiger partial charge in [-0.15, -0.1) is 11.8 Å². The lowest BCUT2D eigenvalue weighted by Crippen LogP contribution is -2.49. The topological polar surface area (TPSA) is 79.5 Å². The Morgan fingerprint density at radius 3 is 2.52 bits per heavy atom. The normalized spacial score (nSPS) is 15.1. The van der Waals surface area contributed by atoms with Gasteiger partial charge in [-0.3, -0.25) is 9.59 Å². The summed E-state index contributed by atoms with van der Waals surface area (Å²) in [7, 11) is 0. The van der Waals surface area contributed by atoms with E-state index < -0.39 is 5.91 Å². The molecule has 0 aliphatic carbocycles. The van der Waals surface area contributed by atoms with Gasteiger partial charge in [0.05, 0.1) is 16.5 Å². The van der Waals surface area contributed by atoms with Crippen LogP contribution in [0.1, 0.15) is 0 Å². The van der Waals surface area contributed by atoms with E-state index in [0.717, 1.165) is 18.9 Å². The number of carbonyl (C=O) groups is 2. The molecule has 1 fully saturated rings. The summed E-state index contributed by atoms with van der Waals surface area (Å²) in [5, 5.41) is 0.610. The number of halogens is 1. The van der Waals surface area contributed by atoms with Crippen LogP contribution >= 0.6 is 23.4 Å². The van der Waals surface area contributed by atoms with Crippen LogP contribution in [0.3, 0.4) is 0 Å². The first kappa shape index (κ1) is 15.9. The van der Waals surface area contributed by atoms with Gasteiger partial charge in [0, 0.05) is 32.4 Å². The van der Waals surface area contributed by atoms with Gasteiger partial charge in [0.1, 0.15) is 5.82 Å². The second kappa shape index (κ2) is 7.51. The number of nitrogens with zero attached hydrogens (tertiary/aromatic N) is 3. The third-order valence-electron chi connectivity index (χ3n) is 3.14. The van der Waals surface area contributed by atoms with Gasteiger partial charge in [0.25, 0.3) is 0 Å². The first-order valence-electron chi connectivity index (χ1n) is 6.56. The molecule has 0 atom stereocenters. The largest absolute Gasteiger partial charge is 0.369 e. The summed E-state index contributed by atoms with van der Waals surface area (Å²) in [6.45, 7) is 2.78. The zero-order chi connectivity index (χ0) is 15.2. The Morgan fingerprint density at radius 2 is 1.95 bits per heavy atom. The van der Waals surface area contributed by atoms with Crippen LogP contribution in [0.2, 0.25) is 5.02 Å². The molecule has 1 aliphatic rings. The molecule has 2 amide bonds. The molecular formula is C13H17ClN4O2S. The molecule has 1 saturated heterocycles. The fraction of sp³-hybridized carbons (Fsp3) is 0.462. The van der Waals surface area contributed by atoms with Crippen LogP contribution in [0.4, 0.5) is 5.82 Å². The van der Waals surface area contributed by atoms with Crippen molar-refractivity contribution in [2.24, 2.45) is 5.73 Å². The molecule has 0 radical (unpaired) electrons. The number of thioether (sulfide) groups is 1. The average molecular weight is 329 g/mol. The molecule has 8 heteroatoms. The Kier molecular flexibility index (Phi) is 5.69. The summed E-state index contributed by atoms with van der Waals surface area (Å²) < 4.78 is 0. The number of nitrogens with two attached hydrogens (primary N) is 1. The molecule has 0 bridgehead atoms. The Hall–Kier alpha value is -1.47. The Balaban J connectivity index is 1.78. The minimum Gasteiger partial charge on any atom is -0.369 e. The van der Waals surface area contributed by atoms with E-state index in [9.17, 15) is 9.59 Å². The lowest BCUT2D eigenvalue weighted by molar-refractivity contribution is -0.128. The van der Waals surface area contributed by atoms with E-state index in [2.05, 4.69) is 9.88 Å². The van der Waals surface area contributed by atoms with Crippen LogP contribution in [0.25, 0.3) is 0 Å². The van der Waals surface area contributed by atoms with Gasteiger partial charge >= 0.3 is 0 Å². The van der Waals surface area contributed by atoms with Gasteiger partial charge in [-0.25, -0.2) is 4.98 Å². The van der Waals surface area contributed by atoms with Crippen molar-refractivity contribution in [3.05, 3.63) is 23.4 Å². The summed E-state index contributed by atoms with van der Waals surface area (Å²) in [6.07, 6.45) is 1.62. The summed E-state index contributed by atoms with van der Waals surface area (Å²) in [4.78, 5) is 30.8. The summed E-state index contributed by atoms with van der Waals surface area (Å²) in [5.41, 5.74) is 5.04. The second-order valence-corrected chi connectivity index (χ2v) is 6.08. The summed E-state index contributed by atoms with van der Waals surface area (Å²) in [6, 6.07) is 3.68. The number of piperazine rings is 1. The molecule has 1 aromatic heterocycles. The number of anilines is 1. The van der Waals surface area contributed by atoms with E-state index in [1.54, 1.807) is 11.1 Å². The molecule has 2 rings (SSSR count). The predicted molar refractivity (Wildman–Crippen MR) is 84.6 cm³/mol. The molecule has 2 N–H and O–H groups in total. The zero-order valence-corrected chi connectivity index (χ0v) is 13.1. The average Bonchev–Trinajstić information content (AvgIpc) is 2.48. The lowest BCUT2D eigenvalue weighted by atomic mass is 10.3. The number of amides is 2. The van der Waals surface area contributed by atoms with Crippen molar-refractivity contribution in [3.63, 3.8) is 0 Å². The molecule has 1 aromatic rings. The fourth-order valence-electron chi connectivity index (χ4n) is 2.07. The van der Waals surface area contributed by atoms with Crippen molar-refractivity contribution in [1.29, 1.82) is 0 Å². The van der Waals surface area contributed by atoms with E-state index >= 15 is 0 Å². The summed E-state index contributed by atoms with van der Waals surface area (Å²) in [5.74, 6) is 0.994. The van der Waals surface area contributed by atoms with Crippen molar-refractivity contribution in [2.75, 3.05) is 42.6 Å². The van der Waals surface area contributed by atoms with Crippen molar-refractivity contribution in [2.45, 2.75) is 0 Å². The van der Waals surface area contributed by atoms with Crippen molar-refractivity contribution >= 4 is 41.0 Å². The van der Waals surface area contributed by atoms with E-state index in [4.69, 9.17) is 17.3 Å². The van der Waals surface area contributed by atoms with Gasteiger partial charge in [-0.2, -0.15) is 0 Å². The van der Waals surface area contributed by atoms with Gasteiger partial charge < -0.3 is 15.5 Å². The fourth-order valence-corrected chi connectivity index (χ4v) is 2.84. The van der Waals surface area contributed by atoms with E-state index in [0.29, 0.717) is 23.9 Å². The van der Waals surface area contributed by atoms with E-state index in [1.165, 1.54) is 11.8 Å². The van der Waals surface area contributed by atoms with E-state index in [1.807, 2.05) is 12.1 Å². The second-order valence-electron chi connectivity index (χ2n) is 4.66. The first-order chi connectivity index (χ1) is 10.1. The quantitative estimate of drug-likeness (QED) is 0.856. The SMILES string of the molecule is NC(=O)CSCC(=O)N1CCN(c2ccc(Cl)cn2)CC1. The predicted octanol–water partition coefficient (Wildman–Crippen LogP) is 0.602. The third kappa shape index (κ3) is 4.78.